The number of hydrogen-bond donors (Lipinski definition) is 0. The molecule has 0 aliphatic carbocycles. The Balaban J connectivity index is 0.000000201. The second kappa shape index (κ2) is 15.9. The van der Waals surface area contributed by atoms with E-state index in [-0.39, 0.29) is 0 Å². The van der Waals surface area contributed by atoms with E-state index in [1.807, 2.05) is 0 Å². The number of morpholine rings is 1. The lowest BCUT2D eigenvalue weighted by Gasteiger charge is -2.26. The van der Waals surface area contributed by atoms with E-state index in [2.05, 4.69) is 86.0 Å². The van der Waals surface area contributed by atoms with Crippen LogP contribution in [0.1, 0.15) is 69.9 Å². The van der Waals surface area contributed by atoms with Crippen LogP contribution in [0.4, 0.5) is 0 Å². The van der Waals surface area contributed by atoms with Gasteiger partial charge in [-0.25, -0.2) is 0 Å². The van der Waals surface area contributed by atoms with Crippen LogP contribution in [-0.4, -0.2) is 75.5 Å². The molecule has 36 heavy (non-hydrogen) atoms. The fraction of sp³-hybridized carbons (Fsp3) is 0.613. The molecule has 0 bridgehead atoms. The quantitative estimate of drug-likeness (QED) is 0.391. The molecule has 5 heteroatoms. The standard InChI is InChI=1S/C16H25NO.C15H23NO2/c1-14(2)15-7-6-8-16(13-15)18-12-11-17-9-4-3-5-10-17;1-13(2)14-3-5-15(6-4-14)18-12-9-16-7-10-17-11-8-16/h6-8,13-14H,3-5,9-12H2,1-2H3;3-6,13H,7-12H2,1-2H3. The minimum Gasteiger partial charge on any atom is -0.492 e. The summed E-state index contributed by atoms with van der Waals surface area (Å²) in [5, 5.41) is 0. The van der Waals surface area contributed by atoms with Crippen LogP contribution in [0.2, 0.25) is 0 Å². The number of benzene rings is 2. The highest BCUT2D eigenvalue weighted by atomic mass is 16.5. The Kier molecular flexibility index (Phi) is 12.6. The molecule has 0 unspecified atom stereocenters. The molecule has 2 aromatic rings. The molecule has 2 saturated heterocycles. The first-order valence-corrected chi connectivity index (χ1v) is 14.0. The number of hydrogen-bond acceptors (Lipinski definition) is 5. The highest BCUT2D eigenvalue weighted by Crippen LogP contribution is 2.20. The van der Waals surface area contributed by atoms with E-state index in [4.69, 9.17) is 14.2 Å². The summed E-state index contributed by atoms with van der Waals surface area (Å²) in [6.45, 7) is 18.7. The van der Waals surface area contributed by atoms with Gasteiger partial charge in [-0.15, -0.1) is 0 Å². The molecule has 0 aromatic heterocycles. The second-order valence-corrected chi connectivity index (χ2v) is 10.5. The minimum absolute atomic E-state index is 0.565. The average Bonchev–Trinajstić information content (AvgIpc) is 2.91. The zero-order valence-electron chi connectivity index (χ0n) is 23.1. The van der Waals surface area contributed by atoms with Crippen LogP contribution in [0.15, 0.2) is 48.5 Å². The van der Waals surface area contributed by atoms with Crippen molar-refractivity contribution < 1.29 is 14.2 Å². The topological polar surface area (TPSA) is 34.2 Å². The van der Waals surface area contributed by atoms with Crippen molar-refractivity contribution in [2.24, 2.45) is 0 Å². The Morgan fingerprint density at radius 2 is 1.25 bits per heavy atom. The van der Waals surface area contributed by atoms with Crippen LogP contribution in [0.25, 0.3) is 0 Å². The van der Waals surface area contributed by atoms with Crippen LogP contribution in [0, 0.1) is 0 Å². The van der Waals surface area contributed by atoms with Gasteiger partial charge in [0, 0.05) is 26.2 Å². The summed E-state index contributed by atoms with van der Waals surface area (Å²) in [6, 6.07) is 16.9. The van der Waals surface area contributed by atoms with Crippen molar-refractivity contribution >= 4 is 0 Å². The Morgan fingerprint density at radius 3 is 1.86 bits per heavy atom. The fourth-order valence-corrected chi connectivity index (χ4v) is 4.51. The molecule has 2 aliphatic heterocycles. The molecule has 0 radical (unpaired) electrons. The van der Waals surface area contributed by atoms with Crippen molar-refractivity contribution in [3.63, 3.8) is 0 Å². The summed E-state index contributed by atoms with van der Waals surface area (Å²) in [6.07, 6.45) is 4.10. The number of piperidine rings is 1. The maximum absolute atomic E-state index is 5.86. The van der Waals surface area contributed by atoms with E-state index in [9.17, 15) is 0 Å². The SMILES string of the molecule is CC(C)c1ccc(OCCN2CCOCC2)cc1.CC(C)c1cccc(OCCN2CCCCC2)c1. The van der Waals surface area contributed by atoms with Gasteiger partial charge in [0.05, 0.1) is 13.2 Å². The van der Waals surface area contributed by atoms with Gasteiger partial charge in [0.1, 0.15) is 24.7 Å². The van der Waals surface area contributed by atoms with Crippen molar-refractivity contribution in [1.29, 1.82) is 0 Å². The van der Waals surface area contributed by atoms with Crippen molar-refractivity contribution in [2.45, 2.75) is 58.8 Å². The summed E-state index contributed by atoms with van der Waals surface area (Å²) in [5.41, 5.74) is 2.71. The highest BCUT2D eigenvalue weighted by molar-refractivity contribution is 5.30. The van der Waals surface area contributed by atoms with Crippen LogP contribution in [0.3, 0.4) is 0 Å². The number of ether oxygens (including phenoxy) is 3. The van der Waals surface area contributed by atoms with Gasteiger partial charge in [0.25, 0.3) is 0 Å². The molecule has 0 spiro atoms. The predicted octanol–water partition coefficient (Wildman–Crippen LogP) is 6.20. The molecule has 0 atom stereocenters. The van der Waals surface area contributed by atoms with E-state index in [1.165, 1.54) is 43.5 Å². The fourth-order valence-electron chi connectivity index (χ4n) is 4.51. The maximum Gasteiger partial charge on any atom is 0.119 e. The molecule has 0 amide bonds. The Morgan fingerprint density at radius 1 is 0.667 bits per heavy atom. The molecule has 2 heterocycles. The number of nitrogens with zero attached hydrogens (tertiary/aromatic N) is 2. The van der Waals surface area contributed by atoms with Crippen LogP contribution < -0.4 is 9.47 Å². The molecule has 2 aliphatic rings. The Bertz CT molecular complexity index is 841. The molecule has 2 aromatic carbocycles. The van der Waals surface area contributed by atoms with Gasteiger partial charge in [0.15, 0.2) is 0 Å². The summed E-state index contributed by atoms with van der Waals surface area (Å²) in [7, 11) is 0. The Labute approximate surface area is 219 Å². The van der Waals surface area contributed by atoms with Gasteiger partial charge < -0.3 is 14.2 Å². The van der Waals surface area contributed by atoms with E-state index in [1.54, 1.807) is 0 Å². The van der Waals surface area contributed by atoms with Crippen LogP contribution in [0.5, 0.6) is 11.5 Å². The number of rotatable bonds is 10. The van der Waals surface area contributed by atoms with Gasteiger partial charge in [-0.05, 0) is 73.2 Å². The molecule has 5 nitrogen and oxygen atoms in total. The third-order valence-corrected chi connectivity index (χ3v) is 6.98. The van der Waals surface area contributed by atoms with Gasteiger partial charge in [-0.3, -0.25) is 9.80 Å². The summed E-state index contributed by atoms with van der Waals surface area (Å²) >= 11 is 0. The van der Waals surface area contributed by atoms with E-state index < -0.39 is 0 Å². The third kappa shape index (κ3) is 10.5. The normalized spacial score (nSPS) is 17.1. The van der Waals surface area contributed by atoms with E-state index in [0.29, 0.717) is 11.8 Å². The average molecular weight is 497 g/mol. The first-order valence-electron chi connectivity index (χ1n) is 14.0. The van der Waals surface area contributed by atoms with Crippen LogP contribution >= 0.6 is 0 Å². The largest absolute Gasteiger partial charge is 0.492 e. The zero-order chi connectivity index (χ0) is 25.6. The van der Waals surface area contributed by atoms with Gasteiger partial charge >= 0.3 is 0 Å². The highest BCUT2D eigenvalue weighted by Gasteiger charge is 2.10. The first-order chi connectivity index (χ1) is 17.5. The Hall–Kier alpha value is -2.08. The maximum atomic E-state index is 5.86. The van der Waals surface area contributed by atoms with Crippen LogP contribution in [-0.2, 0) is 4.74 Å². The lowest BCUT2D eigenvalue weighted by molar-refractivity contribution is 0.0322. The summed E-state index contributed by atoms with van der Waals surface area (Å²) < 4.78 is 16.9. The third-order valence-electron chi connectivity index (χ3n) is 6.98. The lowest BCUT2D eigenvalue weighted by atomic mass is 10.0. The first kappa shape index (κ1) is 28.5. The minimum atomic E-state index is 0.565. The van der Waals surface area contributed by atoms with Gasteiger partial charge in [-0.2, -0.15) is 0 Å². The van der Waals surface area contributed by atoms with Crippen molar-refractivity contribution in [1.82, 2.24) is 9.80 Å². The monoisotopic (exact) mass is 496 g/mol. The molecule has 2 fully saturated rings. The van der Waals surface area contributed by atoms with Gasteiger partial charge in [0.2, 0.25) is 0 Å². The lowest BCUT2D eigenvalue weighted by Crippen LogP contribution is -2.38. The molecule has 0 saturated carbocycles. The molecule has 4 rings (SSSR count). The molecular weight excluding hydrogens is 448 g/mol. The van der Waals surface area contributed by atoms with Gasteiger partial charge in [-0.1, -0.05) is 58.4 Å². The predicted molar refractivity (Wildman–Crippen MR) is 150 cm³/mol. The van der Waals surface area contributed by atoms with E-state index >= 15 is 0 Å². The smallest absolute Gasteiger partial charge is 0.119 e. The second-order valence-electron chi connectivity index (χ2n) is 10.5. The summed E-state index contributed by atoms with van der Waals surface area (Å²) in [4.78, 5) is 4.89. The molecular formula is C31H48N2O3. The van der Waals surface area contributed by atoms with Crippen molar-refractivity contribution in [2.75, 3.05) is 65.7 Å². The van der Waals surface area contributed by atoms with Crippen molar-refractivity contribution in [3.05, 3.63) is 59.7 Å². The van der Waals surface area contributed by atoms with Crippen molar-refractivity contribution in [3.8, 4) is 11.5 Å². The number of likely N-dealkylation sites (tertiary alicyclic amines) is 1. The summed E-state index contributed by atoms with van der Waals surface area (Å²) in [5.74, 6) is 3.12. The zero-order valence-corrected chi connectivity index (χ0v) is 23.1. The molecule has 0 N–H and O–H groups in total. The molecule has 200 valence electrons. The van der Waals surface area contributed by atoms with E-state index in [0.717, 1.165) is 64.1 Å².